The van der Waals surface area contributed by atoms with Gasteiger partial charge in [0.2, 0.25) is 5.91 Å². The molecule has 0 fully saturated rings. The van der Waals surface area contributed by atoms with Crippen molar-refractivity contribution in [1.29, 1.82) is 0 Å². The van der Waals surface area contributed by atoms with E-state index in [9.17, 15) is 9.59 Å². The number of carboxylic acids is 1. The Kier molecular flexibility index (Phi) is 5.05. The van der Waals surface area contributed by atoms with Crippen LogP contribution in [0.5, 0.6) is 0 Å². The first-order valence-electron chi connectivity index (χ1n) is 5.61. The lowest BCUT2D eigenvalue weighted by Gasteiger charge is -2.01. The molecule has 96 valence electrons. The molecule has 0 unspecified atom stereocenters. The summed E-state index contributed by atoms with van der Waals surface area (Å²) in [7, 11) is 0. The summed E-state index contributed by atoms with van der Waals surface area (Å²) in [6.45, 7) is 3.78. The Morgan fingerprint density at radius 3 is 2.78 bits per heavy atom. The summed E-state index contributed by atoms with van der Waals surface area (Å²) in [6, 6.07) is 1.77. The minimum Gasteiger partial charge on any atom is -0.477 e. The summed E-state index contributed by atoms with van der Waals surface area (Å²) >= 11 is 0. The predicted octanol–water partition coefficient (Wildman–Crippen LogP) is 1.63. The highest BCUT2D eigenvalue weighted by Crippen LogP contribution is 2.09. The molecule has 5 heteroatoms. The van der Waals surface area contributed by atoms with Gasteiger partial charge in [0.05, 0.1) is 0 Å². The Bertz CT molecular complexity index is 481. The van der Waals surface area contributed by atoms with E-state index in [1.807, 2.05) is 12.2 Å². The van der Waals surface area contributed by atoms with E-state index >= 15 is 0 Å². The first kappa shape index (κ1) is 13.9. The zero-order valence-electron chi connectivity index (χ0n) is 10.4. The number of aromatic nitrogens is 1. The number of aromatic carboxylic acids is 1. The molecule has 1 aromatic heterocycles. The summed E-state index contributed by atoms with van der Waals surface area (Å²) in [5.74, 6) is -1.07. The molecule has 0 aliphatic rings. The van der Waals surface area contributed by atoms with Gasteiger partial charge in [-0.05, 0) is 30.5 Å². The lowest BCUT2D eigenvalue weighted by atomic mass is 10.1. The van der Waals surface area contributed by atoms with Crippen molar-refractivity contribution in [3.05, 3.63) is 35.2 Å². The second-order valence-corrected chi connectivity index (χ2v) is 3.91. The second-order valence-electron chi connectivity index (χ2n) is 3.91. The highest BCUT2D eigenvalue weighted by Gasteiger charge is 2.07. The topological polar surface area (TPSA) is 79.3 Å². The van der Waals surface area contributed by atoms with Crippen LogP contribution in [0.1, 0.15) is 35.0 Å². The molecule has 0 bridgehead atoms. The van der Waals surface area contributed by atoms with Crippen molar-refractivity contribution < 1.29 is 14.7 Å². The summed E-state index contributed by atoms with van der Waals surface area (Å²) < 4.78 is 0. The maximum atomic E-state index is 10.8. The molecule has 2 N–H and O–H groups in total. The van der Waals surface area contributed by atoms with Gasteiger partial charge in [-0.25, -0.2) is 9.78 Å². The van der Waals surface area contributed by atoms with Gasteiger partial charge in [-0.2, -0.15) is 0 Å². The summed E-state index contributed by atoms with van der Waals surface area (Å²) in [4.78, 5) is 25.3. The molecule has 1 aromatic rings. The van der Waals surface area contributed by atoms with Gasteiger partial charge in [-0.1, -0.05) is 12.2 Å². The van der Waals surface area contributed by atoms with Crippen molar-refractivity contribution in [2.75, 3.05) is 6.54 Å². The van der Waals surface area contributed by atoms with Crippen LogP contribution in [0.3, 0.4) is 0 Å². The van der Waals surface area contributed by atoms with Gasteiger partial charge < -0.3 is 10.4 Å². The van der Waals surface area contributed by atoms with Gasteiger partial charge in [0.1, 0.15) is 0 Å². The fraction of sp³-hybridized carbons (Fsp3) is 0.308. The smallest absolute Gasteiger partial charge is 0.354 e. The third-order valence-electron chi connectivity index (χ3n) is 2.30. The quantitative estimate of drug-likeness (QED) is 0.776. The maximum Gasteiger partial charge on any atom is 0.354 e. The fourth-order valence-corrected chi connectivity index (χ4v) is 1.46. The minimum atomic E-state index is -1.02. The Morgan fingerprint density at radius 1 is 1.50 bits per heavy atom. The van der Waals surface area contributed by atoms with Crippen LogP contribution in [0.25, 0.3) is 6.08 Å². The lowest BCUT2D eigenvalue weighted by Crippen LogP contribution is -2.20. The Balaban J connectivity index is 2.58. The molecule has 5 nitrogen and oxygen atoms in total. The van der Waals surface area contributed by atoms with Crippen molar-refractivity contribution in [3.8, 4) is 0 Å². The zero-order valence-corrected chi connectivity index (χ0v) is 10.4. The van der Waals surface area contributed by atoms with Crippen LogP contribution in [0.15, 0.2) is 18.3 Å². The molecule has 0 spiro atoms. The summed E-state index contributed by atoms with van der Waals surface area (Å²) in [5, 5.41) is 11.5. The predicted molar refractivity (Wildman–Crippen MR) is 68.3 cm³/mol. The molecule has 0 aliphatic heterocycles. The minimum absolute atomic E-state index is 0.0493. The molecule has 1 amide bonds. The van der Waals surface area contributed by atoms with E-state index in [2.05, 4.69) is 10.3 Å². The van der Waals surface area contributed by atoms with E-state index in [-0.39, 0.29) is 11.6 Å². The molecule has 18 heavy (non-hydrogen) atoms. The van der Waals surface area contributed by atoms with Crippen molar-refractivity contribution in [2.24, 2.45) is 0 Å². The molecule has 0 saturated heterocycles. The number of pyridine rings is 1. The summed E-state index contributed by atoms with van der Waals surface area (Å²) in [6.07, 6.45) is 6.00. The van der Waals surface area contributed by atoms with E-state index in [0.717, 1.165) is 12.0 Å². The number of aryl methyl sites for hydroxylation is 1. The number of carboxylic acid groups (broad SMARTS) is 1. The van der Waals surface area contributed by atoms with Gasteiger partial charge in [0.25, 0.3) is 0 Å². The van der Waals surface area contributed by atoms with Gasteiger partial charge in [0.15, 0.2) is 5.69 Å². The molecule has 0 aliphatic carbocycles. The van der Waals surface area contributed by atoms with Crippen molar-refractivity contribution in [2.45, 2.75) is 20.3 Å². The van der Waals surface area contributed by atoms with Crippen LogP contribution >= 0.6 is 0 Å². The van der Waals surface area contributed by atoms with E-state index in [4.69, 9.17) is 5.11 Å². The fourth-order valence-electron chi connectivity index (χ4n) is 1.46. The Hall–Kier alpha value is -2.17. The normalized spacial score (nSPS) is 10.6. The number of hydrogen-bond acceptors (Lipinski definition) is 3. The monoisotopic (exact) mass is 248 g/mol. The van der Waals surface area contributed by atoms with Crippen LogP contribution in [-0.2, 0) is 4.79 Å². The third-order valence-corrected chi connectivity index (χ3v) is 2.30. The first-order chi connectivity index (χ1) is 8.50. The van der Waals surface area contributed by atoms with Crippen LogP contribution < -0.4 is 5.32 Å². The van der Waals surface area contributed by atoms with E-state index < -0.39 is 5.97 Å². The van der Waals surface area contributed by atoms with Gasteiger partial charge in [-0.3, -0.25) is 4.79 Å². The largest absolute Gasteiger partial charge is 0.477 e. The van der Waals surface area contributed by atoms with Gasteiger partial charge in [-0.15, -0.1) is 0 Å². The van der Waals surface area contributed by atoms with Crippen molar-refractivity contribution in [1.82, 2.24) is 10.3 Å². The number of carbonyl (C=O) groups excluding carboxylic acids is 1. The van der Waals surface area contributed by atoms with Crippen molar-refractivity contribution >= 4 is 18.0 Å². The van der Waals surface area contributed by atoms with Crippen LogP contribution in [-0.4, -0.2) is 28.5 Å². The van der Waals surface area contributed by atoms with E-state index in [0.29, 0.717) is 12.1 Å². The highest BCUT2D eigenvalue weighted by molar-refractivity contribution is 5.87. The van der Waals surface area contributed by atoms with Gasteiger partial charge >= 0.3 is 5.97 Å². The number of carbonyl (C=O) groups is 2. The third kappa shape index (κ3) is 4.37. The van der Waals surface area contributed by atoms with Crippen LogP contribution in [0.2, 0.25) is 0 Å². The average molecular weight is 248 g/mol. The van der Waals surface area contributed by atoms with E-state index in [1.165, 1.54) is 13.1 Å². The zero-order chi connectivity index (χ0) is 13.5. The highest BCUT2D eigenvalue weighted by atomic mass is 16.4. The Labute approximate surface area is 106 Å². The summed E-state index contributed by atoms with van der Waals surface area (Å²) in [5.41, 5.74) is 1.55. The number of amides is 1. The van der Waals surface area contributed by atoms with Crippen LogP contribution in [0.4, 0.5) is 0 Å². The molecule has 0 saturated carbocycles. The molecular formula is C13H16N2O3. The second kappa shape index (κ2) is 6.54. The number of nitrogens with one attached hydrogen (secondary N) is 1. The number of nitrogens with zero attached hydrogens (tertiary/aromatic N) is 1. The molecule has 0 aromatic carbocycles. The first-order valence-corrected chi connectivity index (χ1v) is 5.61. The molecule has 1 rings (SSSR count). The number of rotatable bonds is 5. The molecular weight excluding hydrogens is 232 g/mol. The standard InChI is InChI=1S/C13H16N2O3/c1-9-7-11(8-15-12(9)13(17)18)5-3-4-6-14-10(2)16/h3,5,7-8H,4,6H2,1-2H3,(H,14,16)(H,17,18). The van der Waals surface area contributed by atoms with Gasteiger partial charge in [0, 0.05) is 19.7 Å². The van der Waals surface area contributed by atoms with Crippen molar-refractivity contribution in [3.63, 3.8) is 0 Å². The van der Waals surface area contributed by atoms with E-state index in [1.54, 1.807) is 13.0 Å². The molecule has 0 radical (unpaired) electrons. The molecule has 1 heterocycles. The Morgan fingerprint density at radius 2 is 2.22 bits per heavy atom. The van der Waals surface area contributed by atoms with Crippen LogP contribution in [0, 0.1) is 6.92 Å². The average Bonchev–Trinajstić information content (AvgIpc) is 2.27. The maximum absolute atomic E-state index is 10.8. The SMILES string of the molecule is CC(=O)NCCC=Cc1cnc(C(=O)O)c(C)c1. The molecule has 0 atom stereocenters. The lowest BCUT2D eigenvalue weighted by molar-refractivity contribution is -0.118. The number of hydrogen-bond donors (Lipinski definition) is 2.